The zero-order chi connectivity index (χ0) is 32.8. The number of rotatable bonds is 4. The smallest absolute Gasteiger partial charge is 0.0561 e. The maximum Gasteiger partial charge on any atom is 0.0561 e. The summed E-state index contributed by atoms with van der Waals surface area (Å²) in [7, 11) is 0. The molecule has 0 radical (unpaired) electrons. The van der Waals surface area contributed by atoms with E-state index >= 15 is 0 Å². The molecule has 0 unspecified atom stereocenters. The standard InChI is InChI=1S/C46H28N2S2/c1-2-10-30(11-3-1)48-40-15-7-4-12-35(40)36-23-20-32(27-41(36)48)47(33-21-24-38-37-13-5-8-16-42(37)50-45(38)28-33)31-19-22-34-29(26-31)18-25-44-46(34)39-14-6-9-17-43(39)49-44/h1-28H. The number of para-hydroxylation sites is 2. The third kappa shape index (κ3) is 4.13. The van der Waals surface area contributed by atoms with Crippen LogP contribution in [0.25, 0.3) is 78.6 Å². The van der Waals surface area contributed by atoms with Crippen LogP contribution in [0.1, 0.15) is 0 Å². The van der Waals surface area contributed by atoms with E-state index < -0.39 is 0 Å². The Morgan fingerprint density at radius 3 is 1.78 bits per heavy atom. The quantitative estimate of drug-likeness (QED) is 0.181. The molecule has 0 atom stereocenters. The molecule has 0 aliphatic heterocycles. The lowest BCUT2D eigenvalue weighted by Gasteiger charge is -2.26. The Hall–Kier alpha value is -5.94. The molecule has 0 bridgehead atoms. The third-order valence-corrected chi connectivity index (χ3v) is 12.4. The molecule has 234 valence electrons. The summed E-state index contributed by atoms with van der Waals surface area (Å²) < 4.78 is 7.68. The SMILES string of the molecule is c1ccc(-n2c3ccccc3c3ccc(N(c4ccc5c(ccc6sc7ccccc7c65)c4)c4ccc5c(c4)sc4ccccc45)cc32)cc1. The number of hydrogen-bond donors (Lipinski definition) is 0. The van der Waals surface area contributed by atoms with E-state index in [9.17, 15) is 0 Å². The van der Waals surface area contributed by atoms with E-state index in [-0.39, 0.29) is 0 Å². The minimum Gasteiger partial charge on any atom is -0.310 e. The highest BCUT2D eigenvalue weighted by Gasteiger charge is 2.19. The Morgan fingerprint density at radius 1 is 0.360 bits per heavy atom. The molecule has 0 aliphatic rings. The summed E-state index contributed by atoms with van der Waals surface area (Å²) in [5.74, 6) is 0. The van der Waals surface area contributed by atoms with Crippen molar-refractivity contribution >= 4 is 113 Å². The molecule has 50 heavy (non-hydrogen) atoms. The van der Waals surface area contributed by atoms with E-state index in [1.807, 2.05) is 22.7 Å². The van der Waals surface area contributed by atoms with Gasteiger partial charge in [0.15, 0.2) is 0 Å². The molecule has 0 fully saturated rings. The van der Waals surface area contributed by atoms with Crippen molar-refractivity contribution in [2.75, 3.05) is 4.90 Å². The zero-order valence-electron chi connectivity index (χ0n) is 26.9. The molecule has 0 saturated carbocycles. The Kier molecular flexibility index (Phi) is 6.03. The van der Waals surface area contributed by atoms with Crippen molar-refractivity contribution in [1.29, 1.82) is 0 Å². The molecular formula is C46H28N2S2. The van der Waals surface area contributed by atoms with Crippen LogP contribution in [-0.4, -0.2) is 4.57 Å². The van der Waals surface area contributed by atoms with Crippen molar-refractivity contribution in [3.8, 4) is 5.69 Å². The monoisotopic (exact) mass is 672 g/mol. The number of fused-ring (bicyclic) bond motifs is 11. The highest BCUT2D eigenvalue weighted by molar-refractivity contribution is 7.26. The predicted octanol–water partition coefficient (Wildman–Crippen LogP) is 14.1. The Labute approximate surface area is 296 Å². The van der Waals surface area contributed by atoms with Gasteiger partial charge in [-0.15, -0.1) is 22.7 Å². The van der Waals surface area contributed by atoms with Crippen LogP contribution in [0, 0.1) is 0 Å². The first-order valence-electron chi connectivity index (χ1n) is 16.9. The molecular weight excluding hydrogens is 645 g/mol. The lowest BCUT2D eigenvalue weighted by Crippen LogP contribution is -2.10. The molecule has 0 spiro atoms. The largest absolute Gasteiger partial charge is 0.310 e. The molecule has 0 aliphatic carbocycles. The summed E-state index contributed by atoms with van der Waals surface area (Å²) >= 11 is 3.74. The average Bonchev–Trinajstić information content (AvgIpc) is 3.84. The third-order valence-electron chi connectivity index (χ3n) is 10.2. The fourth-order valence-corrected chi connectivity index (χ4v) is 10.2. The number of nitrogens with zero attached hydrogens (tertiary/aromatic N) is 2. The van der Waals surface area contributed by atoms with Crippen LogP contribution in [0.15, 0.2) is 170 Å². The molecule has 0 N–H and O–H groups in total. The molecule has 0 saturated heterocycles. The Bertz CT molecular complexity index is 3110. The van der Waals surface area contributed by atoms with Crippen LogP contribution in [0.3, 0.4) is 0 Å². The molecule has 3 heterocycles. The number of aromatic nitrogens is 1. The second-order valence-electron chi connectivity index (χ2n) is 12.9. The molecule has 3 aromatic heterocycles. The van der Waals surface area contributed by atoms with Gasteiger partial charge in [0.1, 0.15) is 0 Å². The van der Waals surface area contributed by atoms with Crippen molar-refractivity contribution in [2.45, 2.75) is 0 Å². The van der Waals surface area contributed by atoms with Gasteiger partial charge in [-0.3, -0.25) is 0 Å². The molecule has 8 aromatic carbocycles. The summed E-state index contributed by atoms with van der Waals surface area (Å²) in [6.45, 7) is 0. The van der Waals surface area contributed by atoms with Crippen molar-refractivity contribution < 1.29 is 0 Å². The lowest BCUT2D eigenvalue weighted by molar-refractivity contribution is 1.18. The highest BCUT2D eigenvalue weighted by Crippen LogP contribution is 2.45. The van der Waals surface area contributed by atoms with Gasteiger partial charge in [-0.25, -0.2) is 0 Å². The number of thiophene rings is 2. The first-order chi connectivity index (χ1) is 24.8. The van der Waals surface area contributed by atoms with E-state index in [2.05, 4.69) is 179 Å². The van der Waals surface area contributed by atoms with Gasteiger partial charge in [0, 0.05) is 73.9 Å². The van der Waals surface area contributed by atoms with Gasteiger partial charge in [-0.05, 0) is 83.6 Å². The first-order valence-corrected chi connectivity index (χ1v) is 18.6. The van der Waals surface area contributed by atoms with Crippen LogP contribution in [-0.2, 0) is 0 Å². The maximum atomic E-state index is 2.44. The summed E-state index contributed by atoms with van der Waals surface area (Å²) in [4.78, 5) is 2.44. The van der Waals surface area contributed by atoms with E-state index in [0.717, 1.165) is 22.7 Å². The fraction of sp³-hybridized carbons (Fsp3) is 0. The van der Waals surface area contributed by atoms with Gasteiger partial charge in [0.2, 0.25) is 0 Å². The average molecular weight is 673 g/mol. The first kappa shape index (κ1) is 28.0. The van der Waals surface area contributed by atoms with E-state index in [1.54, 1.807) is 0 Å². The van der Waals surface area contributed by atoms with Crippen LogP contribution in [0.2, 0.25) is 0 Å². The van der Waals surface area contributed by atoms with Gasteiger partial charge in [-0.2, -0.15) is 0 Å². The summed E-state index contributed by atoms with van der Waals surface area (Å²) in [5.41, 5.74) is 6.97. The minimum absolute atomic E-state index is 1.12. The van der Waals surface area contributed by atoms with Crippen molar-refractivity contribution in [1.82, 2.24) is 4.57 Å². The van der Waals surface area contributed by atoms with E-state index in [4.69, 9.17) is 0 Å². The van der Waals surface area contributed by atoms with Crippen LogP contribution in [0.4, 0.5) is 17.1 Å². The normalized spacial score (nSPS) is 12.0. The lowest BCUT2D eigenvalue weighted by atomic mass is 10.0. The van der Waals surface area contributed by atoms with E-state index in [0.29, 0.717) is 0 Å². The topological polar surface area (TPSA) is 8.17 Å². The summed E-state index contributed by atoms with van der Waals surface area (Å²) in [6, 6.07) is 62.5. The molecule has 4 heteroatoms. The van der Waals surface area contributed by atoms with Gasteiger partial charge in [-0.1, -0.05) is 97.1 Å². The highest BCUT2D eigenvalue weighted by atomic mass is 32.1. The van der Waals surface area contributed by atoms with Crippen LogP contribution in [0.5, 0.6) is 0 Å². The minimum atomic E-state index is 1.12. The van der Waals surface area contributed by atoms with Gasteiger partial charge >= 0.3 is 0 Å². The predicted molar refractivity (Wildman–Crippen MR) is 219 cm³/mol. The molecule has 11 rings (SSSR count). The Morgan fingerprint density at radius 2 is 0.940 bits per heavy atom. The van der Waals surface area contributed by atoms with E-state index in [1.165, 1.54) is 72.9 Å². The van der Waals surface area contributed by atoms with Crippen LogP contribution >= 0.6 is 22.7 Å². The van der Waals surface area contributed by atoms with Crippen molar-refractivity contribution in [2.24, 2.45) is 0 Å². The summed E-state index contributed by atoms with van der Waals surface area (Å²) in [5, 5.41) is 10.3. The number of benzene rings is 8. The maximum absolute atomic E-state index is 2.44. The fourth-order valence-electron chi connectivity index (χ4n) is 7.93. The molecule has 11 aromatic rings. The summed E-state index contributed by atoms with van der Waals surface area (Å²) in [6.07, 6.45) is 0. The van der Waals surface area contributed by atoms with Crippen molar-refractivity contribution in [3.63, 3.8) is 0 Å². The van der Waals surface area contributed by atoms with Gasteiger partial charge in [0.05, 0.1) is 11.0 Å². The second-order valence-corrected chi connectivity index (χ2v) is 15.1. The molecule has 2 nitrogen and oxygen atoms in total. The second kappa shape index (κ2) is 10.8. The van der Waals surface area contributed by atoms with Gasteiger partial charge in [0.25, 0.3) is 0 Å². The van der Waals surface area contributed by atoms with Crippen LogP contribution < -0.4 is 4.90 Å². The zero-order valence-corrected chi connectivity index (χ0v) is 28.5. The van der Waals surface area contributed by atoms with Crippen molar-refractivity contribution in [3.05, 3.63) is 170 Å². The number of anilines is 3. The van der Waals surface area contributed by atoms with Gasteiger partial charge < -0.3 is 9.47 Å². The molecule has 0 amide bonds. The Balaban J connectivity index is 1.17. The number of hydrogen-bond acceptors (Lipinski definition) is 3.